The van der Waals surface area contributed by atoms with Crippen molar-refractivity contribution >= 4 is 24.8 Å². The predicted molar refractivity (Wildman–Crippen MR) is 113 cm³/mol. The summed E-state index contributed by atoms with van der Waals surface area (Å²) in [5, 5.41) is 9.02. The molecule has 0 radical (unpaired) electrons. The van der Waals surface area contributed by atoms with E-state index >= 15 is 0 Å². The summed E-state index contributed by atoms with van der Waals surface area (Å²) < 4.78 is 0. The van der Waals surface area contributed by atoms with Gasteiger partial charge in [0.15, 0.2) is 0 Å². The van der Waals surface area contributed by atoms with Crippen molar-refractivity contribution in [2.24, 2.45) is 17.6 Å². The van der Waals surface area contributed by atoms with Crippen molar-refractivity contribution in [3.63, 3.8) is 0 Å². The van der Waals surface area contributed by atoms with Gasteiger partial charge in [0.25, 0.3) is 0 Å². The third kappa shape index (κ3) is 7.08. The summed E-state index contributed by atoms with van der Waals surface area (Å²) >= 11 is 0. The molecule has 146 valence electrons. The lowest BCUT2D eigenvalue weighted by Gasteiger charge is -2.34. The first-order valence-corrected chi connectivity index (χ1v) is 9.70. The lowest BCUT2D eigenvalue weighted by atomic mass is 9.84. The fraction of sp³-hybridized carbons (Fsp3) is 0.667. The Bertz CT molecular complexity index is 557. The summed E-state index contributed by atoms with van der Waals surface area (Å²) in [6.45, 7) is 3.76. The van der Waals surface area contributed by atoms with Gasteiger partial charge in [-0.15, -0.1) is 24.8 Å². The number of nitriles is 1. The van der Waals surface area contributed by atoms with Gasteiger partial charge in [-0.25, -0.2) is 0 Å². The molecule has 5 heteroatoms. The van der Waals surface area contributed by atoms with Gasteiger partial charge < -0.3 is 10.6 Å². The average molecular weight is 398 g/mol. The van der Waals surface area contributed by atoms with Crippen LogP contribution in [0.5, 0.6) is 0 Å². The van der Waals surface area contributed by atoms with Crippen molar-refractivity contribution in [3.8, 4) is 6.07 Å². The van der Waals surface area contributed by atoms with Crippen LogP contribution in [0.3, 0.4) is 0 Å². The van der Waals surface area contributed by atoms with Gasteiger partial charge in [-0.2, -0.15) is 5.26 Å². The van der Waals surface area contributed by atoms with Crippen molar-refractivity contribution in [1.29, 1.82) is 5.26 Å². The maximum absolute atomic E-state index is 9.02. The van der Waals surface area contributed by atoms with Crippen LogP contribution in [0.2, 0.25) is 0 Å². The summed E-state index contributed by atoms with van der Waals surface area (Å²) in [4.78, 5) is 2.66. The minimum atomic E-state index is 0. The van der Waals surface area contributed by atoms with Crippen LogP contribution in [0.25, 0.3) is 0 Å². The van der Waals surface area contributed by atoms with Gasteiger partial charge >= 0.3 is 0 Å². The first kappa shape index (κ1) is 23.2. The van der Waals surface area contributed by atoms with E-state index in [1.807, 2.05) is 12.1 Å². The zero-order valence-electron chi connectivity index (χ0n) is 15.6. The van der Waals surface area contributed by atoms with E-state index in [4.69, 9.17) is 11.0 Å². The normalized spacial score (nSPS) is 24.2. The van der Waals surface area contributed by atoms with E-state index < -0.39 is 0 Å². The molecule has 3 rings (SSSR count). The smallest absolute Gasteiger partial charge is 0.0991 e. The first-order chi connectivity index (χ1) is 11.7. The molecule has 2 fully saturated rings. The number of rotatable bonds is 5. The van der Waals surface area contributed by atoms with Crippen molar-refractivity contribution < 1.29 is 0 Å². The highest BCUT2D eigenvalue weighted by Crippen LogP contribution is 2.27. The monoisotopic (exact) mass is 397 g/mol. The molecule has 1 heterocycles. The van der Waals surface area contributed by atoms with E-state index in [0.29, 0.717) is 6.04 Å². The molecule has 0 spiro atoms. The Morgan fingerprint density at radius 3 is 2.35 bits per heavy atom. The topological polar surface area (TPSA) is 53.0 Å². The Kier molecular flexibility index (Phi) is 10.6. The Labute approximate surface area is 171 Å². The van der Waals surface area contributed by atoms with Crippen LogP contribution in [0.1, 0.15) is 56.1 Å². The number of nitrogens with zero attached hydrogens (tertiary/aromatic N) is 2. The number of likely N-dealkylation sites (tertiary alicyclic amines) is 1. The van der Waals surface area contributed by atoms with Gasteiger partial charge in [-0.3, -0.25) is 0 Å². The number of piperidine rings is 1. The van der Waals surface area contributed by atoms with Crippen LogP contribution in [0, 0.1) is 23.2 Å². The van der Waals surface area contributed by atoms with Gasteiger partial charge in [0.1, 0.15) is 0 Å². The van der Waals surface area contributed by atoms with E-state index in [0.717, 1.165) is 23.8 Å². The maximum Gasteiger partial charge on any atom is 0.0991 e. The lowest BCUT2D eigenvalue weighted by molar-refractivity contribution is 0.165. The molecule has 0 bridgehead atoms. The Morgan fingerprint density at radius 2 is 1.69 bits per heavy atom. The summed E-state index contributed by atoms with van der Waals surface area (Å²) in [5.41, 5.74) is 8.12. The Hall–Kier alpha value is -0.790. The fourth-order valence-corrected chi connectivity index (χ4v) is 4.36. The van der Waals surface area contributed by atoms with E-state index in [1.165, 1.54) is 70.1 Å². The van der Waals surface area contributed by atoms with E-state index in [1.54, 1.807) is 0 Å². The van der Waals surface area contributed by atoms with Crippen LogP contribution in [0.15, 0.2) is 24.3 Å². The Morgan fingerprint density at radius 1 is 1.00 bits per heavy atom. The van der Waals surface area contributed by atoms with Crippen molar-refractivity contribution in [3.05, 3.63) is 35.4 Å². The summed E-state index contributed by atoms with van der Waals surface area (Å²) in [6.07, 6.45) is 10.2. The summed E-state index contributed by atoms with van der Waals surface area (Å²) in [6, 6.07) is 10.8. The molecule has 0 atom stereocenters. The molecule has 0 aromatic heterocycles. The SMILES string of the molecule is Cl.Cl.N#Cc1cccc(CC2CCN(CCC3CCC(N)CC3)CC2)c1. The maximum atomic E-state index is 9.02. The molecule has 26 heavy (non-hydrogen) atoms. The van der Waals surface area contributed by atoms with Gasteiger partial charge in [0.05, 0.1) is 11.6 Å². The molecule has 1 aromatic rings. The van der Waals surface area contributed by atoms with Gasteiger partial charge in [-0.05, 0) is 101 Å². The van der Waals surface area contributed by atoms with E-state index in [2.05, 4.69) is 23.1 Å². The van der Waals surface area contributed by atoms with Gasteiger partial charge in [0, 0.05) is 6.04 Å². The molecule has 1 saturated carbocycles. The highest BCUT2D eigenvalue weighted by atomic mass is 35.5. The molecule has 1 saturated heterocycles. The van der Waals surface area contributed by atoms with Crippen molar-refractivity contribution in [2.45, 2.75) is 57.4 Å². The molecule has 0 unspecified atom stereocenters. The number of nitrogens with two attached hydrogens (primary N) is 1. The number of hydrogen-bond acceptors (Lipinski definition) is 3. The van der Waals surface area contributed by atoms with Crippen LogP contribution in [-0.4, -0.2) is 30.6 Å². The van der Waals surface area contributed by atoms with E-state index in [-0.39, 0.29) is 24.8 Å². The zero-order valence-corrected chi connectivity index (χ0v) is 17.2. The second kappa shape index (κ2) is 11.8. The van der Waals surface area contributed by atoms with Crippen molar-refractivity contribution in [2.75, 3.05) is 19.6 Å². The quantitative estimate of drug-likeness (QED) is 0.791. The largest absolute Gasteiger partial charge is 0.328 e. The molecule has 3 nitrogen and oxygen atoms in total. The lowest BCUT2D eigenvalue weighted by Crippen LogP contribution is -2.36. The molecule has 1 aliphatic carbocycles. The third-order valence-corrected chi connectivity index (χ3v) is 6.03. The van der Waals surface area contributed by atoms with Crippen LogP contribution < -0.4 is 5.73 Å². The molecule has 2 aliphatic rings. The number of halogens is 2. The van der Waals surface area contributed by atoms with Crippen LogP contribution in [-0.2, 0) is 6.42 Å². The molecule has 2 N–H and O–H groups in total. The second-order valence-corrected chi connectivity index (χ2v) is 7.87. The summed E-state index contributed by atoms with van der Waals surface area (Å²) in [5.74, 6) is 1.69. The van der Waals surface area contributed by atoms with Crippen LogP contribution in [0.4, 0.5) is 0 Å². The summed E-state index contributed by atoms with van der Waals surface area (Å²) in [7, 11) is 0. The highest BCUT2D eigenvalue weighted by Gasteiger charge is 2.22. The molecule has 1 aromatic carbocycles. The van der Waals surface area contributed by atoms with E-state index in [9.17, 15) is 0 Å². The standard InChI is InChI=1S/C21H31N3.2ClH/c22-16-20-3-1-2-19(15-20)14-18-9-12-24(13-10-18)11-8-17-4-6-21(23)7-5-17;;/h1-3,15,17-18,21H,4-14,23H2;2*1H. The molecule has 1 aliphatic heterocycles. The van der Waals surface area contributed by atoms with Gasteiger partial charge in [0.2, 0.25) is 0 Å². The average Bonchev–Trinajstić information content (AvgIpc) is 2.63. The number of benzene rings is 1. The third-order valence-electron chi connectivity index (χ3n) is 6.03. The minimum Gasteiger partial charge on any atom is -0.328 e. The number of hydrogen-bond donors (Lipinski definition) is 1. The minimum absolute atomic E-state index is 0. The van der Waals surface area contributed by atoms with Crippen molar-refractivity contribution in [1.82, 2.24) is 4.90 Å². The first-order valence-electron chi connectivity index (χ1n) is 9.70. The fourth-order valence-electron chi connectivity index (χ4n) is 4.36. The molecular formula is C21H33Cl2N3. The molecular weight excluding hydrogens is 365 g/mol. The Balaban J connectivity index is 0.00000169. The second-order valence-electron chi connectivity index (χ2n) is 7.87. The van der Waals surface area contributed by atoms with Crippen LogP contribution >= 0.6 is 24.8 Å². The zero-order chi connectivity index (χ0) is 16.8. The predicted octanol–water partition coefficient (Wildman–Crippen LogP) is 4.56. The van der Waals surface area contributed by atoms with Gasteiger partial charge in [-0.1, -0.05) is 12.1 Å². The molecule has 0 amide bonds. The highest BCUT2D eigenvalue weighted by molar-refractivity contribution is 5.85.